The van der Waals surface area contributed by atoms with Gasteiger partial charge in [-0.15, -0.1) is 0 Å². The number of nitrogens with zero attached hydrogens (tertiary/aromatic N) is 3. The maximum absolute atomic E-state index is 12.0. The van der Waals surface area contributed by atoms with Gasteiger partial charge in [-0.05, 0) is 48.2 Å². The van der Waals surface area contributed by atoms with Crippen molar-refractivity contribution in [3.8, 4) is 0 Å². The molecule has 0 radical (unpaired) electrons. The van der Waals surface area contributed by atoms with Crippen LogP contribution in [0, 0.1) is 0 Å². The summed E-state index contributed by atoms with van der Waals surface area (Å²) in [6, 6.07) is 1.10. The number of aromatic nitrogens is 2. The van der Waals surface area contributed by atoms with Gasteiger partial charge >= 0.3 is 0 Å². The zero-order valence-corrected chi connectivity index (χ0v) is 13.4. The Morgan fingerprint density at radius 1 is 1.45 bits per heavy atom. The van der Waals surface area contributed by atoms with Crippen molar-refractivity contribution in [2.75, 3.05) is 18.0 Å². The van der Waals surface area contributed by atoms with Crippen molar-refractivity contribution in [3.05, 3.63) is 21.0 Å². The first-order valence-electron chi connectivity index (χ1n) is 7.38. The highest BCUT2D eigenvalue weighted by molar-refractivity contribution is 9.10. The van der Waals surface area contributed by atoms with Crippen LogP contribution in [0.1, 0.15) is 32.1 Å². The quantitative estimate of drug-likeness (QED) is 0.905. The molecular formula is C14H21BrN4O. The summed E-state index contributed by atoms with van der Waals surface area (Å²) in [6.07, 6.45) is 8.04. The molecule has 0 spiro atoms. The fourth-order valence-electron chi connectivity index (χ4n) is 2.85. The van der Waals surface area contributed by atoms with E-state index in [1.54, 1.807) is 7.05 Å². The van der Waals surface area contributed by atoms with Crippen molar-refractivity contribution in [1.82, 2.24) is 15.1 Å². The number of anilines is 1. The molecule has 2 fully saturated rings. The lowest BCUT2D eigenvalue weighted by Crippen LogP contribution is -2.45. The van der Waals surface area contributed by atoms with E-state index in [1.165, 1.54) is 36.8 Å². The van der Waals surface area contributed by atoms with E-state index in [-0.39, 0.29) is 5.56 Å². The van der Waals surface area contributed by atoms with Crippen LogP contribution in [0.15, 0.2) is 15.5 Å². The Hall–Kier alpha value is -0.880. The van der Waals surface area contributed by atoms with Crippen LogP contribution >= 0.6 is 15.9 Å². The van der Waals surface area contributed by atoms with Crippen molar-refractivity contribution < 1.29 is 0 Å². The number of hydrogen-bond acceptors (Lipinski definition) is 4. The summed E-state index contributed by atoms with van der Waals surface area (Å²) in [5.41, 5.74) is 0.882. The van der Waals surface area contributed by atoms with Crippen LogP contribution in [0.25, 0.3) is 0 Å². The summed E-state index contributed by atoms with van der Waals surface area (Å²) in [5.74, 6) is 0. The zero-order chi connectivity index (χ0) is 14.1. The molecule has 1 aliphatic heterocycles. The fourth-order valence-corrected chi connectivity index (χ4v) is 3.44. The molecule has 0 aromatic carbocycles. The average molecular weight is 341 g/mol. The molecule has 0 amide bonds. The lowest BCUT2D eigenvalue weighted by Gasteiger charge is -2.32. The maximum atomic E-state index is 12.0. The first-order chi connectivity index (χ1) is 9.66. The highest BCUT2D eigenvalue weighted by Gasteiger charge is 2.33. The van der Waals surface area contributed by atoms with Gasteiger partial charge in [-0.2, -0.15) is 5.10 Å². The Kier molecular flexibility index (Phi) is 4.12. The molecule has 1 aromatic rings. The highest BCUT2D eigenvalue weighted by atomic mass is 79.9. The Balaban J connectivity index is 1.83. The molecule has 20 heavy (non-hydrogen) atoms. The normalized spacial score (nSPS) is 22.8. The van der Waals surface area contributed by atoms with E-state index in [4.69, 9.17) is 0 Å². The number of piperidine rings is 1. The third kappa shape index (κ3) is 2.91. The van der Waals surface area contributed by atoms with E-state index >= 15 is 0 Å². The summed E-state index contributed by atoms with van der Waals surface area (Å²) >= 11 is 3.46. The van der Waals surface area contributed by atoms with Gasteiger partial charge in [0.15, 0.2) is 0 Å². The molecular weight excluding hydrogens is 320 g/mol. The number of aryl methyl sites for hydroxylation is 1. The number of halogens is 1. The molecule has 1 saturated heterocycles. The fraction of sp³-hybridized carbons (Fsp3) is 0.714. The Bertz CT molecular complexity index is 534. The summed E-state index contributed by atoms with van der Waals surface area (Å²) in [5, 5.41) is 7.76. The van der Waals surface area contributed by atoms with Crippen LogP contribution in [0.4, 0.5) is 5.69 Å². The molecule has 1 saturated carbocycles. The van der Waals surface area contributed by atoms with E-state index in [0.29, 0.717) is 16.6 Å². The van der Waals surface area contributed by atoms with Gasteiger partial charge in [0.2, 0.25) is 0 Å². The largest absolute Gasteiger partial charge is 0.365 e. The average Bonchev–Trinajstić information content (AvgIpc) is 3.29. The van der Waals surface area contributed by atoms with Gasteiger partial charge < -0.3 is 10.2 Å². The van der Waals surface area contributed by atoms with Gasteiger partial charge in [-0.25, -0.2) is 4.68 Å². The van der Waals surface area contributed by atoms with E-state index in [2.05, 4.69) is 31.2 Å². The third-order valence-electron chi connectivity index (χ3n) is 4.19. The van der Waals surface area contributed by atoms with Crippen LogP contribution in [0.3, 0.4) is 0 Å². The molecule has 1 aromatic heterocycles. The first-order valence-corrected chi connectivity index (χ1v) is 8.18. The minimum absolute atomic E-state index is 0.0650. The van der Waals surface area contributed by atoms with Crippen LogP contribution in [0.2, 0.25) is 0 Å². The number of rotatable bonds is 4. The maximum Gasteiger partial charge on any atom is 0.282 e. The summed E-state index contributed by atoms with van der Waals surface area (Å²) in [4.78, 5) is 14.4. The number of hydrogen-bond donors (Lipinski definition) is 1. The van der Waals surface area contributed by atoms with Gasteiger partial charge in [0, 0.05) is 25.7 Å². The first kappa shape index (κ1) is 14.1. The molecule has 110 valence electrons. The lowest BCUT2D eigenvalue weighted by molar-refractivity contribution is 0.398. The lowest BCUT2D eigenvalue weighted by atomic mass is 10.0. The number of nitrogens with one attached hydrogen (secondary N) is 1. The molecule has 0 bridgehead atoms. The van der Waals surface area contributed by atoms with E-state index in [9.17, 15) is 4.79 Å². The predicted octanol–water partition coefficient (Wildman–Crippen LogP) is 1.65. The van der Waals surface area contributed by atoms with Crippen LogP contribution in [-0.2, 0) is 7.05 Å². The van der Waals surface area contributed by atoms with Crippen molar-refractivity contribution in [1.29, 1.82) is 0 Å². The second kappa shape index (κ2) is 5.85. The molecule has 1 unspecified atom stereocenters. The highest BCUT2D eigenvalue weighted by Crippen LogP contribution is 2.34. The van der Waals surface area contributed by atoms with Crippen molar-refractivity contribution in [2.24, 2.45) is 7.05 Å². The Morgan fingerprint density at radius 3 is 2.90 bits per heavy atom. The molecule has 5 nitrogen and oxygen atoms in total. The van der Waals surface area contributed by atoms with Crippen LogP contribution in [-0.4, -0.2) is 35.0 Å². The minimum atomic E-state index is -0.0650. The van der Waals surface area contributed by atoms with Gasteiger partial charge in [-0.1, -0.05) is 6.42 Å². The molecule has 2 aliphatic rings. The van der Waals surface area contributed by atoms with Crippen molar-refractivity contribution in [2.45, 2.75) is 44.2 Å². The van der Waals surface area contributed by atoms with Crippen LogP contribution in [0.5, 0.6) is 0 Å². The zero-order valence-electron chi connectivity index (χ0n) is 11.8. The smallest absolute Gasteiger partial charge is 0.282 e. The van der Waals surface area contributed by atoms with Gasteiger partial charge in [0.1, 0.15) is 4.47 Å². The minimum Gasteiger partial charge on any atom is -0.365 e. The molecule has 1 N–H and O–H groups in total. The van der Waals surface area contributed by atoms with Crippen molar-refractivity contribution >= 4 is 21.6 Å². The second-order valence-corrected chi connectivity index (χ2v) is 6.60. The molecule has 2 heterocycles. The predicted molar refractivity (Wildman–Crippen MR) is 83.2 cm³/mol. The standard InChI is InChI=1S/C14H21BrN4O/c1-18-14(20)13(15)12(8-17-18)19(11-5-6-11)9-10-4-2-3-7-16-10/h8,10-11,16H,2-7,9H2,1H3. The second-order valence-electron chi connectivity index (χ2n) is 5.80. The molecule has 3 rings (SSSR count). The Labute approximate surface area is 127 Å². The van der Waals surface area contributed by atoms with E-state index in [1.807, 2.05) is 6.20 Å². The van der Waals surface area contributed by atoms with Crippen molar-refractivity contribution in [3.63, 3.8) is 0 Å². The SMILES string of the molecule is Cn1ncc(N(CC2CCCCN2)C2CC2)c(Br)c1=O. The van der Waals surface area contributed by atoms with Gasteiger partial charge in [-0.3, -0.25) is 4.79 Å². The molecule has 6 heteroatoms. The third-order valence-corrected chi connectivity index (χ3v) is 4.93. The summed E-state index contributed by atoms with van der Waals surface area (Å²) in [6.45, 7) is 2.08. The summed E-state index contributed by atoms with van der Waals surface area (Å²) < 4.78 is 2.01. The topological polar surface area (TPSA) is 50.2 Å². The van der Waals surface area contributed by atoms with Crippen LogP contribution < -0.4 is 15.8 Å². The van der Waals surface area contributed by atoms with Gasteiger partial charge in [0.25, 0.3) is 5.56 Å². The summed E-state index contributed by atoms with van der Waals surface area (Å²) in [7, 11) is 1.68. The van der Waals surface area contributed by atoms with E-state index in [0.717, 1.165) is 18.8 Å². The molecule has 1 aliphatic carbocycles. The van der Waals surface area contributed by atoms with Gasteiger partial charge in [0.05, 0.1) is 11.9 Å². The monoisotopic (exact) mass is 340 g/mol. The molecule has 1 atom stereocenters. The Morgan fingerprint density at radius 2 is 2.25 bits per heavy atom. The van der Waals surface area contributed by atoms with E-state index < -0.39 is 0 Å².